The van der Waals surface area contributed by atoms with E-state index < -0.39 is 10.0 Å². The van der Waals surface area contributed by atoms with Crippen molar-refractivity contribution < 1.29 is 17.7 Å². The van der Waals surface area contributed by atoms with E-state index in [-0.39, 0.29) is 33.1 Å². The van der Waals surface area contributed by atoms with E-state index in [2.05, 4.69) is 14.9 Å². The molecule has 142 valence electrons. The Bertz CT molecular complexity index is 1070. The van der Waals surface area contributed by atoms with Crippen molar-refractivity contribution in [3.63, 3.8) is 0 Å². The van der Waals surface area contributed by atoms with E-state index in [1.165, 1.54) is 19.2 Å². The standard InChI is InChI=1S/C16H12Cl3N3O4S/c1-25-11-6-7-12(15(19)14(11)18)27(23,24)20-8-13-21-16(22-26-13)9-2-4-10(17)5-3-9/h2-7,20H,8H2,1H3. The minimum atomic E-state index is -3.96. The number of sulfonamides is 1. The topological polar surface area (TPSA) is 94.3 Å². The van der Waals surface area contributed by atoms with Gasteiger partial charge in [0.1, 0.15) is 15.7 Å². The van der Waals surface area contributed by atoms with Gasteiger partial charge in [-0.3, -0.25) is 0 Å². The van der Waals surface area contributed by atoms with Crippen molar-refractivity contribution in [3.05, 3.63) is 57.4 Å². The first kappa shape index (κ1) is 19.9. The van der Waals surface area contributed by atoms with Crippen LogP contribution in [0.5, 0.6) is 5.75 Å². The highest BCUT2D eigenvalue weighted by molar-refractivity contribution is 7.89. The molecule has 0 unspecified atom stereocenters. The van der Waals surface area contributed by atoms with Gasteiger partial charge < -0.3 is 9.26 Å². The number of ether oxygens (including phenoxy) is 1. The molecular weight excluding hydrogens is 437 g/mol. The van der Waals surface area contributed by atoms with Crippen molar-refractivity contribution in [1.82, 2.24) is 14.9 Å². The monoisotopic (exact) mass is 447 g/mol. The van der Waals surface area contributed by atoms with Crippen molar-refractivity contribution >= 4 is 44.8 Å². The number of aromatic nitrogens is 2. The fraction of sp³-hybridized carbons (Fsp3) is 0.125. The van der Waals surface area contributed by atoms with Gasteiger partial charge in [-0.15, -0.1) is 0 Å². The molecule has 1 heterocycles. The van der Waals surface area contributed by atoms with Crippen LogP contribution in [0.4, 0.5) is 0 Å². The van der Waals surface area contributed by atoms with E-state index in [0.29, 0.717) is 16.4 Å². The lowest BCUT2D eigenvalue weighted by Gasteiger charge is -2.10. The Labute approximate surface area is 170 Å². The van der Waals surface area contributed by atoms with Gasteiger partial charge in [-0.05, 0) is 36.4 Å². The molecule has 0 radical (unpaired) electrons. The van der Waals surface area contributed by atoms with Crippen molar-refractivity contribution in [3.8, 4) is 17.1 Å². The van der Waals surface area contributed by atoms with Crippen LogP contribution in [0, 0.1) is 0 Å². The van der Waals surface area contributed by atoms with Crippen LogP contribution in [0.3, 0.4) is 0 Å². The summed E-state index contributed by atoms with van der Waals surface area (Å²) < 4.78 is 37.4. The number of benzene rings is 2. The first-order valence-electron chi connectivity index (χ1n) is 7.42. The SMILES string of the molecule is COc1ccc(S(=O)(=O)NCc2nc(-c3ccc(Cl)cc3)no2)c(Cl)c1Cl. The fourth-order valence-electron chi connectivity index (χ4n) is 2.16. The molecule has 27 heavy (non-hydrogen) atoms. The molecule has 0 bridgehead atoms. The van der Waals surface area contributed by atoms with E-state index in [9.17, 15) is 8.42 Å². The first-order chi connectivity index (χ1) is 12.8. The highest BCUT2D eigenvalue weighted by Gasteiger charge is 2.22. The van der Waals surface area contributed by atoms with Crippen LogP contribution < -0.4 is 9.46 Å². The van der Waals surface area contributed by atoms with Crippen LogP contribution >= 0.6 is 34.8 Å². The van der Waals surface area contributed by atoms with Crippen molar-refractivity contribution in [2.75, 3.05) is 7.11 Å². The van der Waals surface area contributed by atoms with Crippen LogP contribution in [0.1, 0.15) is 5.89 Å². The second kappa shape index (κ2) is 8.04. The molecule has 0 spiro atoms. The third-order valence-corrected chi connectivity index (χ3v) is 6.18. The second-order valence-corrected chi connectivity index (χ2v) is 8.16. The molecule has 1 aromatic heterocycles. The molecule has 2 aromatic carbocycles. The summed E-state index contributed by atoms with van der Waals surface area (Å²) in [6.07, 6.45) is 0. The quantitative estimate of drug-likeness (QED) is 0.608. The zero-order valence-corrected chi connectivity index (χ0v) is 16.8. The third-order valence-electron chi connectivity index (χ3n) is 3.50. The number of halogens is 3. The normalized spacial score (nSPS) is 11.6. The van der Waals surface area contributed by atoms with E-state index in [0.717, 1.165) is 0 Å². The molecule has 0 amide bonds. The highest BCUT2D eigenvalue weighted by Crippen LogP contribution is 2.36. The molecule has 3 rings (SSSR count). The predicted octanol–water partition coefficient (Wildman–Crippen LogP) is 4.18. The number of nitrogens with one attached hydrogen (secondary N) is 1. The number of nitrogens with zero attached hydrogens (tertiary/aromatic N) is 2. The predicted molar refractivity (Wildman–Crippen MR) is 102 cm³/mol. The van der Waals surface area contributed by atoms with E-state index in [1.807, 2.05) is 0 Å². The summed E-state index contributed by atoms with van der Waals surface area (Å²) in [6, 6.07) is 9.52. The largest absolute Gasteiger partial charge is 0.495 e. The lowest BCUT2D eigenvalue weighted by atomic mass is 10.2. The maximum Gasteiger partial charge on any atom is 0.242 e. The lowest BCUT2D eigenvalue weighted by Crippen LogP contribution is -2.23. The molecule has 7 nitrogen and oxygen atoms in total. The van der Waals surface area contributed by atoms with Gasteiger partial charge in [0.05, 0.1) is 18.7 Å². The van der Waals surface area contributed by atoms with Crippen LogP contribution in [-0.4, -0.2) is 25.7 Å². The Morgan fingerprint density at radius 1 is 1.07 bits per heavy atom. The third kappa shape index (κ3) is 4.36. The average Bonchev–Trinajstić information content (AvgIpc) is 3.12. The van der Waals surface area contributed by atoms with Crippen LogP contribution in [-0.2, 0) is 16.6 Å². The van der Waals surface area contributed by atoms with Crippen LogP contribution in [0.25, 0.3) is 11.4 Å². The number of methoxy groups -OCH3 is 1. The first-order valence-corrected chi connectivity index (χ1v) is 10.0. The van der Waals surface area contributed by atoms with Crippen LogP contribution in [0.15, 0.2) is 45.8 Å². The average molecular weight is 449 g/mol. The maximum atomic E-state index is 12.5. The summed E-state index contributed by atoms with van der Waals surface area (Å²) in [6.45, 7) is -0.219. The smallest absolute Gasteiger partial charge is 0.242 e. The molecule has 0 aliphatic heterocycles. The minimum absolute atomic E-state index is 0.00450. The van der Waals surface area contributed by atoms with Gasteiger partial charge in [-0.1, -0.05) is 40.0 Å². The maximum absolute atomic E-state index is 12.5. The Balaban J connectivity index is 1.77. The molecule has 0 saturated heterocycles. The Morgan fingerprint density at radius 2 is 1.78 bits per heavy atom. The Kier molecular flexibility index (Phi) is 5.92. The zero-order chi connectivity index (χ0) is 19.6. The van der Waals surface area contributed by atoms with Gasteiger partial charge in [0.2, 0.25) is 21.7 Å². The summed E-state index contributed by atoms with van der Waals surface area (Å²) in [5.41, 5.74) is 0.683. The van der Waals surface area contributed by atoms with Crippen molar-refractivity contribution in [1.29, 1.82) is 0 Å². The van der Waals surface area contributed by atoms with Gasteiger partial charge in [-0.25, -0.2) is 13.1 Å². The Morgan fingerprint density at radius 3 is 2.44 bits per heavy atom. The van der Waals surface area contributed by atoms with E-state index >= 15 is 0 Å². The molecule has 0 saturated carbocycles. The number of rotatable bonds is 6. The van der Waals surface area contributed by atoms with Gasteiger partial charge in [0, 0.05) is 10.6 Å². The van der Waals surface area contributed by atoms with Crippen molar-refractivity contribution in [2.24, 2.45) is 0 Å². The van der Waals surface area contributed by atoms with Gasteiger partial charge in [-0.2, -0.15) is 4.98 Å². The summed E-state index contributed by atoms with van der Waals surface area (Å²) in [5.74, 6) is 0.663. The molecule has 0 aliphatic carbocycles. The van der Waals surface area contributed by atoms with Gasteiger partial charge in [0.25, 0.3) is 0 Å². The molecule has 1 N–H and O–H groups in total. The fourth-order valence-corrected chi connectivity index (χ4v) is 4.10. The molecule has 3 aromatic rings. The number of hydrogen-bond acceptors (Lipinski definition) is 6. The minimum Gasteiger partial charge on any atom is -0.495 e. The lowest BCUT2D eigenvalue weighted by molar-refractivity contribution is 0.376. The molecular formula is C16H12Cl3N3O4S. The van der Waals surface area contributed by atoms with E-state index in [4.69, 9.17) is 44.1 Å². The summed E-state index contributed by atoms with van der Waals surface area (Å²) in [5, 5.41) is 4.25. The van der Waals surface area contributed by atoms with E-state index in [1.54, 1.807) is 24.3 Å². The van der Waals surface area contributed by atoms with Crippen LogP contribution in [0.2, 0.25) is 15.1 Å². The molecule has 0 fully saturated rings. The zero-order valence-electron chi connectivity index (χ0n) is 13.7. The summed E-state index contributed by atoms with van der Waals surface area (Å²) in [4.78, 5) is 3.96. The van der Waals surface area contributed by atoms with Gasteiger partial charge in [0.15, 0.2) is 0 Å². The number of hydrogen-bond donors (Lipinski definition) is 1. The Hall–Kier alpha value is -1.84. The second-order valence-electron chi connectivity index (χ2n) is 5.24. The van der Waals surface area contributed by atoms with Crippen molar-refractivity contribution in [2.45, 2.75) is 11.4 Å². The highest BCUT2D eigenvalue weighted by atomic mass is 35.5. The molecule has 0 aliphatic rings. The van der Waals surface area contributed by atoms with Gasteiger partial charge >= 0.3 is 0 Å². The summed E-state index contributed by atoms with van der Waals surface area (Å²) in [7, 11) is -2.56. The molecule has 11 heteroatoms. The summed E-state index contributed by atoms with van der Waals surface area (Å²) >= 11 is 17.9. The molecule has 0 atom stereocenters.